The Morgan fingerprint density at radius 2 is 2.20 bits per heavy atom. The lowest BCUT2D eigenvalue weighted by atomic mass is 10.0. The van der Waals surface area contributed by atoms with Gasteiger partial charge in [-0.25, -0.2) is 0 Å². The highest BCUT2D eigenvalue weighted by molar-refractivity contribution is 9.10. The summed E-state index contributed by atoms with van der Waals surface area (Å²) in [6.45, 7) is 9.92. The maximum absolute atomic E-state index is 5.50. The fourth-order valence-corrected chi connectivity index (χ4v) is 3.23. The van der Waals surface area contributed by atoms with Gasteiger partial charge in [-0.2, -0.15) is 0 Å². The van der Waals surface area contributed by atoms with Crippen molar-refractivity contribution in [3.8, 4) is 5.75 Å². The predicted molar refractivity (Wildman–Crippen MR) is 87.3 cm³/mol. The lowest BCUT2D eigenvalue weighted by Gasteiger charge is -2.33. The van der Waals surface area contributed by atoms with E-state index in [0.29, 0.717) is 6.04 Å². The van der Waals surface area contributed by atoms with Crippen LogP contribution in [-0.2, 0) is 6.54 Å². The molecule has 0 spiro atoms. The second-order valence-corrected chi connectivity index (χ2v) is 7.23. The molecule has 1 N–H and O–H groups in total. The second kappa shape index (κ2) is 6.46. The molecule has 0 radical (unpaired) electrons. The lowest BCUT2D eigenvalue weighted by Crippen LogP contribution is -2.47. The van der Waals surface area contributed by atoms with Crippen molar-refractivity contribution in [3.05, 3.63) is 28.2 Å². The minimum Gasteiger partial charge on any atom is -0.496 e. The van der Waals surface area contributed by atoms with Crippen LogP contribution < -0.4 is 10.1 Å². The van der Waals surface area contributed by atoms with E-state index in [0.717, 1.165) is 29.9 Å². The van der Waals surface area contributed by atoms with E-state index < -0.39 is 0 Å². The fourth-order valence-electron chi connectivity index (χ4n) is 2.82. The number of halogens is 1. The molecule has 3 nitrogen and oxygen atoms in total. The van der Waals surface area contributed by atoms with Gasteiger partial charge in [-0.05, 0) is 51.9 Å². The standard InChI is InChI=1S/C16H25BrN2O/c1-12-7-8-18-16(2,3)11-19(12)10-13-9-14(17)5-6-15(13)20-4/h5-6,9,12,18H,7-8,10-11H2,1-4H3. The molecule has 1 aliphatic rings. The number of ether oxygens (including phenoxy) is 1. The molecule has 1 unspecified atom stereocenters. The zero-order valence-corrected chi connectivity index (χ0v) is 14.5. The van der Waals surface area contributed by atoms with Gasteiger partial charge in [-0.3, -0.25) is 4.90 Å². The molecule has 0 amide bonds. The third-order valence-corrected chi connectivity index (χ3v) is 4.50. The molecule has 2 rings (SSSR count). The van der Waals surface area contributed by atoms with E-state index in [4.69, 9.17) is 4.74 Å². The zero-order chi connectivity index (χ0) is 14.8. The fraction of sp³-hybridized carbons (Fsp3) is 0.625. The first-order valence-electron chi connectivity index (χ1n) is 7.23. The second-order valence-electron chi connectivity index (χ2n) is 6.31. The summed E-state index contributed by atoms with van der Waals surface area (Å²) in [5.74, 6) is 0.968. The van der Waals surface area contributed by atoms with E-state index in [1.54, 1.807) is 7.11 Å². The molecule has 20 heavy (non-hydrogen) atoms. The van der Waals surface area contributed by atoms with Gasteiger partial charge >= 0.3 is 0 Å². The molecule has 0 aromatic heterocycles. The molecule has 1 aromatic carbocycles. The first-order valence-corrected chi connectivity index (χ1v) is 8.02. The number of benzene rings is 1. The van der Waals surface area contributed by atoms with Crippen LogP contribution in [0.5, 0.6) is 5.75 Å². The average molecular weight is 341 g/mol. The molecule has 112 valence electrons. The predicted octanol–water partition coefficient (Wildman–Crippen LogP) is 3.42. The highest BCUT2D eigenvalue weighted by Crippen LogP contribution is 2.26. The number of methoxy groups -OCH3 is 1. The normalized spacial score (nSPS) is 23.4. The van der Waals surface area contributed by atoms with Crippen LogP contribution in [0, 0.1) is 0 Å². The summed E-state index contributed by atoms with van der Waals surface area (Å²) >= 11 is 3.56. The molecule has 1 saturated heterocycles. The minimum atomic E-state index is 0.157. The number of nitrogens with zero attached hydrogens (tertiary/aromatic N) is 1. The zero-order valence-electron chi connectivity index (χ0n) is 12.9. The Kier molecular flexibility index (Phi) is 5.10. The highest BCUT2D eigenvalue weighted by atomic mass is 79.9. The Balaban J connectivity index is 2.20. The van der Waals surface area contributed by atoms with Gasteiger partial charge in [0.1, 0.15) is 5.75 Å². The summed E-state index contributed by atoms with van der Waals surface area (Å²) in [4.78, 5) is 2.55. The van der Waals surface area contributed by atoms with Gasteiger partial charge in [-0.1, -0.05) is 15.9 Å². The lowest BCUT2D eigenvalue weighted by molar-refractivity contribution is 0.171. The van der Waals surface area contributed by atoms with Gasteiger partial charge in [0.25, 0.3) is 0 Å². The van der Waals surface area contributed by atoms with Gasteiger partial charge < -0.3 is 10.1 Å². The average Bonchev–Trinajstić information content (AvgIpc) is 2.49. The van der Waals surface area contributed by atoms with E-state index in [1.807, 2.05) is 12.1 Å². The van der Waals surface area contributed by atoms with Crippen LogP contribution in [0.15, 0.2) is 22.7 Å². The summed E-state index contributed by atoms with van der Waals surface area (Å²) in [5, 5.41) is 3.62. The Labute approximate surface area is 130 Å². The summed E-state index contributed by atoms with van der Waals surface area (Å²) in [6, 6.07) is 6.80. The third kappa shape index (κ3) is 3.96. The van der Waals surface area contributed by atoms with E-state index in [9.17, 15) is 0 Å². The van der Waals surface area contributed by atoms with Crippen molar-refractivity contribution < 1.29 is 4.74 Å². The molecule has 0 bridgehead atoms. The highest BCUT2D eigenvalue weighted by Gasteiger charge is 2.28. The monoisotopic (exact) mass is 340 g/mol. The van der Waals surface area contributed by atoms with Crippen LogP contribution in [0.25, 0.3) is 0 Å². The molecule has 1 fully saturated rings. The van der Waals surface area contributed by atoms with Crippen molar-refractivity contribution in [3.63, 3.8) is 0 Å². The Bertz CT molecular complexity index is 462. The summed E-state index contributed by atoms with van der Waals surface area (Å²) in [5.41, 5.74) is 1.40. The molecular formula is C16H25BrN2O. The molecule has 1 atom stereocenters. The van der Waals surface area contributed by atoms with Gasteiger partial charge in [0, 0.05) is 34.7 Å². The van der Waals surface area contributed by atoms with Crippen molar-refractivity contribution in [2.75, 3.05) is 20.2 Å². The molecule has 1 aromatic rings. The maximum atomic E-state index is 5.50. The molecule has 4 heteroatoms. The summed E-state index contributed by atoms with van der Waals surface area (Å²) in [7, 11) is 1.74. The van der Waals surface area contributed by atoms with Crippen LogP contribution in [0.2, 0.25) is 0 Å². The van der Waals surface area contributed by atoms with Crippen molar-refractivity contribution >= 4 is 15.9 Å². The summed E-state index contributed by atoms with van der Waals surface area (Å²) < 4.78 is 6.60. The quantitative estimate of drug-likeness (QED) is 0.912. The molecule has 0 aliphatic carbocycles. The van der Waals surface area contributed by atoms with Gasteiger partial charge in [0.15, 0.2) is 0 Å². The Hall–Kier alpha value is -0.580. The van der Waals surface area contributed by atoms with E-state index in [1.165, 1.54) is 12.0 Å². The smallest absolute Gasteiger partial charge is 0.123 e. The SMILES string of the molecule is COc1ccc(Br)cc1CN1CC(C)(C)NCCC1C. The van der Waals surface area contributed by atoms with Gasteiger partial charge in [0.05, 0.1) is 7.11 Å². The number of nitrogens with one attached hydrogen (secondary N) is 1. The van der Waals surface area contributed by atoms with Crippen LogP contribution in [-0.4, -0.2) is 36.7 Å². The number of hydrogen-bond donors (Lipinski definition) is 1. The largest absolute Gasteiger partial charge is 0.496 e. The van der Waals surface area contributed by atoms with Crippen LogP contribution in [0.3, 0.4) is 0 Å². The minimum absolute atomic E-state index is 0.157. The van der Waals surface area contributed by atoms with Crippen molar-refractivity contribution in [1.82, 2.24) is 10.2 Å². The van der Waals surface area contributed by atoms with E-state index in [-0.39, 0.29) is 5.54 Å². The van der Waals surface area contributed by atoms with Crippen LogP contribution in [0.1, 0.15) is 32.8 Å². The first kappa shape index (κ1) is 15.8. The third-order valence-electron chi connectivity index (χ3n) is 4.00. The number of hydrogen-bond acceptors (Lipinski definition) is 3. The van der Waals surface area contributed by atoms with Crippen molar-refractivity contribution in [2.24, 2.45) is 0 Å². The number of rotatable bonds is 3. The molecule has 1 aliphatic heterocycles. The van der Waals surface area contributed by atoms with E-state index >= 15 is 0 Å². The van der Waals surface area contributed by atoms with Crippen molar-refractivity contribution in [1.29, 1.82) is 0 Å². The summed E-state index contributed by atoms with van der Waals surface area (Å²) in [6.07, 6.45) is 1.18. The van der Waals surface area contributed by atoms with Gasteiger partial charge in [-0.15, -0.1) is 0 Å². The Morgan fingerprint density at radius 1 is 1.45 bits per heavy atom. The molecule has 1 heterocycles. The van der Waals surface area contributed by atoms with Crippen molar-refractivity contribution in [2.45, 2.75) is 45.3 Å². The maximum Gasteiger partial charge on any atom is 0.123 e. The van der Waals surface area contributed by atoms with Crippen LogP contribution >= 0.6 is 15.9 Å². The van der Waals surface area contributed by atoms with E-state index in [2.05, 4.69) is 53.0 Å². The topological polar surface area (TPSA) is 24.5 Å². The molecular weight excluding hydrogens is 316 g/mol. The molecule has 0 saturated carbocycles. The first-order chi connectivity index (χ1) is 9.41. The van der Waals surface area contributed by atoms with Gasteiger partial charge in [0.2, 0.25) is 0 Å². The van der Waals surface area contributed by atoms with Crippen LogP contribution in [0.4, 0.5) is 0 Å². The Morgan fingerprint density at radius 3 is 2.90 bits per heavy atom.